The van der Waals surface area contributed by atoms with Crippen LogP contribution >= 0.6 is 22.6 Å². The topological polar surface area (TPSA) is 78.4 Å². The molecule has 0 fully saturated rings. The lowest BCUT2D eigenvalue weighted by atomic mass is 10.1. The number of methoxy groups -OCH3 is 2. The summed E-state index contributed by atoms with van der Waals surface area (Å²) in [6, 6.07) is 19.1. The molecule has 0 aliphatic rings. The first-order chi connectivity index (χ1) is 16.5. The van der Waals surface area contributed by atoms with Crippen molar-refractivity contribution in [1.29, 1.82) is 0 Å². The maximum atomic E-state index is 12.3. The van der Waals surface area contributed by atoms with E-state index >= 15 is 0 Å². The molecule has 0 aliphatic heterocycles. The number of carbonyl (C=O) groups excluding carboxylic acids is 1. The van der Waals surface area contributed by atoms with Gasteiger partial charge >= 0.3 is 0 Å². The van der Waals surface area contributed by atoms with Crippen LogP contribution < -0.4 is 24.4 Å². The van der Waals surface area contributed by atoms with Gasteiger partial charge in [-0.3, -0.25) is 4.79 Å². The average Bonchev–Trinajstić information content (AvgIpc) is 2.84. The van der Waals surface area contributed by atoms with Gasteiger partial charge in [-0.25, -0.2) is 5.43 Å². The molecule has 3 aromatic carbocycles. The standard InChI is InChI=1S/C26H27IN2O5/c1-4-33-24-14-20(12-21(27)26(24)34-17-18-8-6-5-7-9-18)16-28-29-25(30)15-19-10-11-22(31-2)23(13-19)32-3/h5-14,16H,4,15,17H2,1-3H3,(H,29,30)/b28-16+. The van der Waals surface area contributed by atoms with Gasteiger partial charge in [0.1, 0.15) is 6.61 Å². The van der Waals surface area contributed by atoms with E-state index in [-0.39, 0.29) is 12.3 Å². The van der Waals surface area contributed by atoms with Crippen molar-refractivity contribution >= 4 is 34.7 Å². The molecular formula is C26H27IN2O5. The molecule has 0 atom stereocenters. The van der Waals surface area contributed by atoms with Crippen molar-refractivity contribution in [3.8, 4) is 23.0 Å². The SMILES string of the molecule is CCOc1cc(/C=N/NC(=O)Cc2ccc(OC)c(OC)c2)cc(I)c1OCc1ccccc1. The second-order valence-electron chi connectivity index (χ2n) is 7.20. The van der Waals surface area contributed by atoms with Crippen molar-refractivity contribution in [2.24, 2.45) is 5.10 Å². The summed E-state index contributed by atoms with van der Waals surface area (Å²) >= 11 is 2.21. The molecule has 0 radical (unpaired) electrons. The zero-order chi connectivity index (χ0) is 24.3. The quantitative estimate of drug-likeness (QED) is 0.199. The fourth-order valence-corrected chi connectivity index (χ4v) is 3.97. The Hall–Kier alpha value is -3.27. The highest BCUT2D eigenvalue weighted by atomic mass is 127. The summed E-state index contributed by atoms with van der Waals surface area (Å²) in [5.41, 5.74) is 5.21. The van der Waals surface area contributed by atoms with E-state index < -0.39 is 0 Å². The predicted octanol–water partition coefficient (Wildman–Crippen LogP) is 4.98. The molecule has 0 unspecified atom stereocenters. The maximum absolute atomic E-state index is 12.3. The Labute approximate surface area is 213 Å². The van der Waals surface area contributed by atoms with Crippen LogP contribution in [0.1, 0.15) is 23.6 Å². The Balaban J connectivity index is 1.65. The molecule has 7 nitrogen and oxygen atoms in total. The van der Waals surface area contributed by atoms with E-state index in [0.29, 0.717) is 36.2 Å². The van der Waals surface area contributed by atoms with E-state index in [1.807, 2.05) is 55.5 Å². The van der Waals surface area contributed by atoms with Gasteiger partial charge < -0.3 is 18.9 Å². The first-order valence-corrected chi connectivity index (χ1v) is 11.8. The number of halogens is 1. The number of benzene rings is 3. The Bertz CT molecular complexity index is 1140. The van der Waals surface area contributed by atoms with Crippen LogP contribution in [0.4, 0.5) is 0 Å². The van der Waals surface area contributed by atoms with E-state index in [2.05, 4.69) is 33.1 Å². The van der Waals surface area contributed by atoms with E-state index in [1.165, 1.54) is 0 Å². The van der Waals surface area contributed by atoms with Crippen LogP contribution in [0.25, 0.3) is 0 Å². The number of hydrazone groups is 1. The van der Waals surface area contributed by atoms with Crippen molar-refractivity contribution < 1.29 is 23.7 Å². The molecule has 3 aromatic rings. The smallest absolute Gasteiger partial charge is 0.244 e. The average molecular weight is 574 g/mol. The Kier molecular flexibility index (Phi) is 9.57. The summed E-state index contributed by atoms with van der Waals surface area (Å²) < 4.78 is 23.2. The second kappa shape index (κ2) is 12.8. The molecule has 3 rings (SSSR count). The van der Waals surface area contributed by atoms with Crippen molar-refractivity contribution in [1.82, 2.24) is 5.43 Å². The monoisotopic (exact) mass is 574 g/mol. The molecule has 1 N–H and O–H groups in total. The number of rotatable bonds is 11. The molecule has 178 valence electrons. The normalized spacial score (nSPS) is 10.7. The number of ether oxygens (including phenoxy) is 4. The number of carbonyl (C=O) groups is 1. The molecule has 0 saturated heterocycles. The zero-order valence-corrected chi connectivity index (χ0v) is 21.5. The Morgan fingerprint density at radius 2 is 1.71 bits per heavy atom. The lowest BCUT2D eigenvalue weighted by Gasteiger charge is -2.14. The Morgan fingerprint density at radius 1 is 0.941 bits per heavy atom. The molecule has 1 amide bonds. The first-order valence-electron chi connectivity index (χ1n) is 10.7. The van der Waals surface area contributed by atoms with Crippen LogP contribution in [0.5, 0.6) is 23.0 Å². The molecule has 34 heavy (non-hydrogen) atoms. The third kappa shape index (κ3) is 7.11. The van der Waals surface area contributed by atoms with E-state index in [0.717, 1.165) is 20.3 Å². The van der Waals surface area contributed by atoms with Gasteiger partial charge in [-0.1, -0.05) is 36.4 Å². The number of nitrogens with one attached hydrogen (secondary N) is 1. The third-order valence-electron chi connectivity index (χ3n) is 4.77. The van der Waals surface area contributed by atoms with Crippen LogP contribution in [0.2, 0.25) is 0 Å². The highest BCUT2D eigenvalue weighted by molar-refractivity contribution is 14.1. The molecule has 0 heterocycles. The molecule has 0 bridgehead atoms. The molecule has 8 heteroatoms. The van der Waals surface area contributed by atoms with Gasteiger partial charge in [-0.15, -0.1) is 0 Å². The molecule has 0 saturated carbocycles. The number of hydrogen-bond acceptors (Lipinski definition) is 6. The van der Waals surface area contributed by atoms with Gasteiger partial charge in [0, 0.05) is 0 Å². The van der Waals surface area contributed by atoms with E-state index in [4.69, 9.17) is 18.9 Å². The highest BCUT2D eigenvalue weighted by Gasteiger charge is 2.13. The second-order valence-corrected chi connectivity index (χ2v) is 8.36. The van der Waals surface area contributed by atoms with Gasteiger partial charge in [0.15, 0.2) is 23.0 Å². The van der Waals surface area contributed by atoms with Crippen molar-refractivity contribution in [3.63, 3.8) is 0 Å². The van der Waals surface area contributed by atoms with E-state index in [1.54, 1.807) is 32.6 Å². The van der Waals surface area contributed by atoms with Gasteiger partial charge in [0.2, 0.25) is 5.91 Å². The highest BCUT2D eigenvalue weighted by Crippen LogP contribution is 2.34. The third-order valence-corrected chi connectivity index (χ3v) is 5.57. The van der Waals surface area contributed by atoms with Gasteiger partial charge in [0.25, 0.3) is 0 Å². The first kappa shape index (κ1) is 25.4. The number of hydrogen-bond donors (Lipinski definition) is 1. The van der Waals surface area contributed by atoms with Gasteiger partial charge in [-0.2, -0.15) is 5.10 Å². The minimum atomic E-state index is -0.244. The predicted molar refractivity (Wildman–Crippen MR) is 140 cm³/mol. The van der Waals surface area contributed by atoms with Crippen LogP contribution in [-0.4, -0.2) is 32.9 Å². The maximum Gasteiger partial charge on any atom is 0.244 e. The number of nitrogens with zero attached hydrogens (tertiary/aromatic N) is 1. The molecule has 0 spiro atoms. The number of amides is 1. The van der Waals surface area contributed by atoms with Gasteiger partial charge in [0.05, 0.1) is 37.0 Å². The summed E-state index contributed by atoms with van der Waals surface area (Å²) in [5, 5.41) is 4.10. The Morgan fingerprint density at radius 3 is 2.41 bits per heavy atom. The molecular weight excluding hydrogens is 547 g/mol. The summed E-state index contributed by atoms with van der Waals surface area (Å²) in [6.45, 7) is 2.86. The lowest BCUT2D eigenvalue weighted by Crippen LogP contribution is -2.19. The minimum Gasteiger partial charge on any atom is -0.493 e. The zero-order valence-electron chi connectivity index (χ0n) is 19.3. The van der Waals surface area contributed by atoms with Crippen molar-refractivity contribution in [3.05, 3.63) is 80.9 Å². The van der Waals surface area contributed by atoms with Crippen molar-refractivity contribution in [2.75, 3.05) is 20.8 Å². The van der Waals surface area contributed by atoms with Crippen LogP contribution in [-0.2, 0) is 17.8 Å². The molecule has 0 aromatic heterocycles. The van der Waals surface area contributed by atoms with E-state index in [9.17, 15) is 4.79 Å². The minimum absolute atomic E-state index is 0.158. The summed E-state index contributed by atoms with van der Waals surface area (Å²) in [5.74, 6) is 2.25. The summed E-state index contributed by atoms with van der Waals surface area (Å²) in [7, 11) is 3.13. The fourth-order valence-electron chi connectivity index (χ4n) is 3.19. The van der Waals surface area contributed by atoms with Crippen LogP contribution in [0, 0.1) is 3.57 Å². The largest absolute Gasteiger partial charge is 0.493 e. The summed E-state index contributed by atoms with van der Waals surface area (Å²) in [6.07, 6.45) is 1.74. The summed E-state index contributed by atoms with van der Waals surface area (Å²) in [4.78, 5) is 12.3. The van der Waals surface area contributed by atoms with Gasteiger partial charge in [-0.05, 0) is 70.5 Å². The molecule has 0 aliphatic carbocycles. The van der Waals surface area contributed by atoms with Crippen LogP contribution in [0.15, 0.2) is 65.8 Å². The fraction of sp³-hybridized carbons (Fsp3) is 0.231. The lowest BCUT2D eigenvalue weighted by molar-refractivity contribution is -0.120. The van der Waals surface area contributed by atoms with Crippen molar-refractivity contribution in [2.45, 2.75) is 20.0 Å². The van der Waals surface area contributed by atoms with Crippen LogP contribution in [0.3, 0.4) is 0 Å².